The fourth-order valence-electron chi connectivity index (χ4n) is 2.10. The van der Waals surface area contributed by atoms with Crippen LogP contribution in [0.25, 0.3) is 11.0 Å². The topological polar surface area (TPSA) is 116 Å². The van der Waals surface area contributed by atoms with E-state index < -0.39 is 12.2 Å². The Hall–Kier alpha value is -3.00. The summed E-state index contributed by atoms with van der Waals surface area (Å²) in [5.74, 6) is -0.581. The van der Waals surface area contributed by atoms with Gasteiger partial charge in [0.2, 0.25) is 6.23 Å². The van der Waals surface area contributed by atoms with Crippen LogP contribution in [0.5, 0.6) is 0 Å². The van der Waals surface area contributed by atoms with Gasteiger partial charge in [0.05, 0.1) is 19.1 Å². The van der Waals surface area contributed by atoms with E-state index in [0.717, 1.165) is 0 Å². The van der Waals surface area contributed by atoms with Crippen LogP contribution < -0.4 is 11.3 Å². The van der Waals surface area contributed by atoms with Gasteiger partial charge in [-0.2, -0.15) is 5.10 Å². The number of aromatic nitrogens is 4. The molecular formula is C14H13N5O3. The largest absolute Gasteiger partial charge is 0.434 e. The van der Waals surface area contributed by atoms with Gasteiger partial charge in [-0.25, -0.2) is 9.67 Å². The SMILES string of the molecule is NCC(=O)OC(c1ccccc1)n1ncc2c(=O)[nH]cnc21. The number of nitrogens with one attached hydrogen (secondary N) is 1. The number of hydrogen-bond donors (Lipinski definition) is 2. The van der Waals surface area contributed by atoms with Gasteiger partial charge < -0.3 is 15.5 Å². The van der Waals surface area contributed by atoms with Crippen molar-refractivity contribution in [2.75, 3.05) is 6.54 Å². The summed E-state index contributed by atoms with van der Waals surface area (Å²) in [6.07, 6.45) is 1.81. The summed E-state index contributed by atoms with van der Waals surface area (Å²) in [4.78, 5) is 29.9. The van der Waals surface area contributed by atoms with Gasteiger partial charge in [-0.1, -0.05) is 30.3 Å². The zero-order valence-corrected chi connectivity index (χ0v) is 11.5. The van der Waals surface area contributed by atoms with Gasteiger partial charge in [-0.15, -0.1) is 0 Å². The van der Waals surface area contributed by atoms with E-state index in [4.69, 9.17) is 10.5 Å². The molecule has 1 atom stereocenters. The van der Waals surface area contributed by atoms with Crippen molar-refractivity contribution in [3.63, 3.8) is 0 Å². The van der Waals surface area contributed by atoms with Crippen LogP contribution in [0.4, 0.5) is 0 Å². The molecule has 0 saturated heterocycles. The van der Waals surface area contributed by atoms with Crippen LogP contribution in [0.15, 0.2) is 47.7 Å². The molecule has 3 aromatic rings. The molecule has 2 aromatic heterocycles. The second-order valence-corrected chi connectivity index (χ2v) is 4.52. The van der Waals surface area contributed by atoms with Gasteiger partial charge in [0.1, 0.15) is 5.39 Å². The zero-order valence-electron chi connectivity index (χ0n) is 11.5. The maximum Gasteiger partial charge on any atom is 0.321 e. The van der Waals surface area contributed by atoms with E-state index in [2.05, 4.69) is 15.1 Å². The van der Waals surface area contributed by atoms with Crippen molar-refractivity contribution in [2.45, 2.75) is 6.23 Å². The van der Waals surface area contributed by atoms with Crippen LogP contribution in [0.1, 0.15) is 11.8 Å². The second-order valence-electron chi connectivity index (χ2n) is 4.52. The first kappa shape index (κ1) is 14.0. The molecule has 0 saturated carbocycles. The Kier molecular flexibility index (Phi) is 3.67. The summed E-state index contributed by atoms with van der Waals surface area (Å²) in [6.45, 7) is -0.253. The monoisotopic (exact) mass is 299 g/mol. The predicted octanol–water partition coefficient (Wildman–Crippen LogP) is 0.168. The molecule has 112 valence electrons. The molecule has 22 heavy (non-hydrogen) atoms. The van der Waals surface area contributed by atoms with Crippen molar-refractivity contribution in [2.24, 2.45) is 5.73 Å². The van der Waals surface area contributed by atoms with E-state index in [1.807, 2.05) is 18.2 Å². The van der Waals surface area contributed by atoms with Gasteiger partial charge in [-0.3, -0.25) is 9.59 Å². The third-order valence-corrected chi connectivity index (χ3v) is 3.11. The van der Waals surface area contributed by atoms with Crippen LogP contribution in [-0.4, -0.2) is 32.3 Å². The minimum atomic E-state index is -0.843. The van der Waals surface area contributed by atoms with Crippen molar-refractivity contribution >= 4 is 17.0 Å². The first-order valence-corrected chi connectivity index (χ1v) is 6.56. The van der Waals surface area contributed by atoms with E-state index >= 15 is 0 Å². The van der Waals surface area contributed by atoms with Crippen LogP contribution in [0.2, 0.25) is 0 Å². The van der Waals surface area contributed by atoms with Gasteiger partial charge in [0.15, 0.2) is 5.65 Å². The van der Waals surface area contributed by atoms with Crippen molar-refractivity contribution in [3.05, 3.63) is 58.8 Å². The van der Waals surface area contributed by atoms with Crippen LogP contribution in [-0.2, 0) is 9.53 Å². The number of aromatic amines is 1. The Morgan fingerprint density at radius 2 is 2.14 bits per heavy atom. The van der Waals surface area contributed by atoms with Gasteiger partial charge in [0.25, 0.3) is 5.56 Å². The highest BCUT2D eigenvalue weighted by Gasteiger charge is 2.22. The molecule has 0 radical (unpaired) electrons. The minimum Gasteiger partial charge on any atom is -0.434 e. The number of benzene rings is 1. The van der Waals surface area contributed by atoms with Crippen LogP contribution in [0.3, 0.4) is 0 Å². The summed E-state index contributed by atoms with van der Waals surface area (Å²) >= 11 is 0. The first-order valence-electron chi connectivity index (χ1n) is 6.56. The number of nitrogens with zero attached hydrogens (tertiary/aromatic N) is 3. The fourth-order valence-corrected chi connectivity index (χ4v) is 2.10. The molecule has 3 N–H and O–H groups in total. The second kappa shape index (κ2) is 5.78. The Morgan fingerprint density at radius 3 is 2.86 bits per heavy atom. The number of hydrogen-bond acceptors (Lipinski definition) is 6. The Balaban J connectivity index is 2.14. The van der Waals surface area contributed by atoms with E-state index in [-0.39, 0.29) is 12.1 Å². The number of fused-ring (bicyclic) bond motifs is 1. The highest BCUT2D eigenvalue weighted by Crippen LogP contribution is 2.22. The summed E-state index contributed by atoms with van der Waals surface area (Å²) in [7, 11) is 0. The number of H-pyrrole nitrogens is 1. The van der Waals surface area contributed by atoms with Crippen LogP contribution in [0, 0.1) is 0 Å². The average molecular weight is 299 g/mol. The van der Waals surface area contributed by atoms with E-state index in [1.165, 1.54) is 17.2 Å². The average Bonchev–Trinajstić information content (AvgIpc) is 2.98. The lowest BCUT2D eigenvalue weighted by molar-refractivity contribution is -0.149. The smallest absolute Gasteiger partial charge is 0.321 e. The predicted molar refractivity (Wildman–Crippen MR) is 77.9 cm³/mol. The third-order valence-electron chi connectivity index (χ3n) is 3.11. The maximum atomic E-state index is 11.8. The molecule has 2 heterocycles. The number of esters is 1. The highest BCUT2D eigenvalue weighted by molar-refractivity contribution is 5.74. The van der Waals surface area contributed by atoms with Crippen LogP contribution >= 0.6 is 0 Å². The maximum absolute atomic E-state index is 11.8. The molecule has 8 heteroatoms. The Morgan fingerprint density at radius 1 is 1.36 bits per heavy atom. The normalized spacial score (nSPS) is 12.2. The fraction of sp³-hybridized carbons (Fsp3) is 0.143. The van der Waals surface area contributed by atoms with Crippen molar-refractivity contribution in [1.29, 1.82) is 0 Å². The summed E-state index contributed by atoms with van der Waals surface area (Å²) in [5.41, 5.74) is 6.01. The number of ether oxygens (including phenoxy) is 1. The number of rotatable bonds is 4. The molecule has 1 unspecified atom stereocenters. The lowest BCUT2D eigenvalue weighted by atomic mass is 10.2. The van der Waals surface area contributed by atoms with Gasteiger partial charge in [0, 0.05) is 5.56 Å². The Bertz CT molecular complexity index is 856. The standard InChI is InChI=1S/C14H13N5O3/c15-6-11(20)22-14(9-4-2-1-3-5-9)19-12-10(7-18-19)13(21)17-8-16-12/h1-5,7-8,14H,6,15H2,(H,16,17,21). The third kappa shape index (κ3) is 2.47. The minimum absolute atomic E-state index is 0.253. The quantitative estimate of drug-likeness (QED) is 0.663. The number of nitrogens with two attached hydrogens (primary N) is 1. The molecule has 0 aliphatic heterocycles. The molecule has 8 nitrogen and oxygen atoms in total. The summed E-state index contributed by atoms with van der Waals surface area (Å²) < 4.78 is 6.74. The van der Waals surface area contributed by atoms with Crippen molar-refractivity contribution in [3.8, 4) is 0 Å². The van der Waals surface area contributed by atoms with E-state index in [0.29, 0.717) is 16.6 Å². The summed E-state index contributed by atoms with van der Waals surface area (Å²) in [6, 6.07) is 9.04. The first-order chi connectivity index (χ1) is 10.7. The van der Waals surface area contributed by atoms with E-state index in [9.17, 15) is 9.59 Å². The molecule has 3 rings (SSSR count). The van der Waals surface area contributed by atoms with E-state index in [1.54, 1.807) is 12.1 Å². The molecule has 1 aromatic carbocycles. The zero-order chi connectivity index (χ0) is 15.5. The molecule has 0 aliphatic rings. The molecule has 0 amide bonds. The van der Waals surface area contributed by atoms with Gasteiger partial charge in [-0.05, 0) is 0 Å². The molecule has 0 bridgehead atoms. The molecule has 0 fully saturated rings. The lowest BCUT2D eigenvalue weighted by Crippen LogP contribution is -2.24. The molecule has 0 spiro atoms. The van der Waals surface area contributed by atoms with Crippen molar-refractivity contribution < 1.29 is 9.53 Å². The summed E-state index contributed by atoms with van der Waals surface area (Å²) in [5, 5.41) is 4.45. The molecule has 0 aliphatic carbocycles. The Labute approximate surface area is 124 Å². The van der Waals surface area contributed by atoms with Gasteiger partial charge >= 0.3 is 5.97 Å². The van der Waals surface area contributed by atoms with Crippen molar-refractivity contribution in [1.82, 2.24) is 19.7 Å². The highest BCUT2D eigenvalue weighted by atomic mass is 16.6. The lowest BCUT2D eigenvalue weighted by Gasteiger charge is -2.18. The number of carbonyl (C=O) groups is 1. The number of carbonyl (C=O) groups excluding carboxylic acids is 1. The molecular weight excluding hydrogens is 286 g/mol.